The lowest BCUT2D eigenvalue weighted by Crippen LogP contribution is -2.00. The van der Waals surface area contributed by atoms with Crippen molar-refractivity contribution in [1.29, 1.82) is 0 Å². The van der Waals surface area contributed by atoms with E-state index < -0.39 is 5.97 Å². The molecule has 0 aliphatic carbocycles. The van der Waals surface area contributed by atoms with Crippen molar-refractivity contribution in [3.63, 3.8) is 0 Å². The predicted octanol–water partition coefficient (Wildman–Crippen LogP) is 3.60. The summed E-state index contributed by atoms with van der Waals surface area (Å²) in [7, 11) is 0. The van der Waals surface area contributed by atoms with Crippen LogP contribution in [0.2, 0.25) is 0 Å². The fourth-order valence-corrected chi connectivity index (χ4v) is 2.36. The summed E-state index contributed by atoms with van der Waals surface area (Å²) in [5.74, 6) is -0.0485. The van der Waals surface area contributed by atoms with Crippen LogP contribution in [-0.2, 0) is 0 Å². The van der Waals surface area contributed by atoms with Crippen molar-refractivity contribution in [2.75, 3.05) is 0 Å². The fraction of sp³-hybridized carbons (Fsp3) is 0. The Hall–Kier alpha value is -2.47. The van der Waals surface area contributed by atoms with Gasteiger partial charge in [0.05, 0.1) is 5.56 Å². The van der Waals surface area contributed by atoms with Gasteiger partial charge in [-0.15, -0.1) is 0 Å². The Kier molecular flexibility index (Phi) is 3.53. The highest BCUT2D eigenvalue weighted by Crippen LogP contribution is 2.26. The van der Waals surface area contributed by atoms with E-state index in [0.717, 1.165) is 5.56 Å². The number of H-pyrrole nitrogens is 1. The van der Waals surface area contributed by atoms with Crippen LogP contribution >= 0.6 is 15.9 Å². The zero-order valence-corrected chi connectivity index (χ0v) is 12.3. The van der Waals surface area contributed by atoms with Crippen LogP contribution < -0.4 is 0 Å². The Morgan fingerprint density at radius 2 is 1.90 bits per heavy atom. The smallest absolute Gasteiger partial charge is 0.336 e. The van der Waals surface area contributed by atoms with Crippen LogP contribution in [0.25, 0.3) is 22.8 Å². The maximum atomic E-state index is 11.3. The van der Waals surface area contributed by atoms with E-state index in [9.17, 15) is 9.90 Å². The first kappa shape index (κ1) is 13.5. The van der Waals surface area contributed by atoms with Crippen LogP contribution in [0.15, 0.2) is 53.0 Å². The van der Waals surface area contributed by atoms with Gasteiger partial charge < -0.3 is 5.11 Å². The van der Waals surface area contributed by atoms with Gasteiger partial charge in [-0.05, 0) is 18.2 Å². The van der Waals surface area contributed by atoms with Gasteiger partial charge in [-0.2, -0.15) is 5.10 Å². The molecule has 2 aromatic carbocycles. The third-order valence-electron chi connectivity index (χ3n) is 2.98. The molecular formula is C15H10BrN3O2. The number of carbonyl (C=O) groups is 1. The van der Waals surface area contributed by atoms with Crippen LogP contribution in [0.5, 0.6) is 0 Å². The number of nitrogens with one attached hydrogen (secondary N) is 1. The highest BCUT2D eigenvalue weighted by molar-refractivity contribution is 9.10. The van der Waals surface area contributed by atoms with Crippen LogP contribution in [-0.4, -0.2) is 26.3 Å². The quantitative estimate of drug-likeness (QED) is 0.761. The second-order valence-electron chi connectivity index (χ2n) is 4.37. The summed E-state index contributed by atoms with van der Waals surface area (Å²) in [6.07, 6.45) is 0. The summed E-state index contributed by atoms with van der Waals surface area (Å²) in [5.41, 5.74) is 1.54. The Morgan fingerprint density at radius 1 is 1.14 bits per heavy atom. The van der Waals surface area contributed by atoms with Crippen molar-refractivity contribution in [1.82, 2.24) is 15.2 Å². The summed E-state index contributed by atoms with van der Waals surface area (Å²) in [4.78, 5) is 15.7. The summed E-state index contributed by atoms with van der Waals surface area (Å²) in [6.45, 7) is 0. The number of carboxylic acid groups (broad SMARTS) is 1. The Bertz CT molecular complexity index is 800. The van der Waals surface area contributed by atoms with Crippen LogP contribution in [0.1, 0.15) is 10.4 Å². The molecule has 0 fully saturated rings. The van der Waals surface area contributed by atoms with Crippen molar-refractivity contribution < 1.29 is 9.90 Å². The molecule has 21 heavy (non-hydrogen) atoms. The lowest BCUT2D eigenvalue weighted by atomic mass is 10.1. The number of aromatic carboxylic acids is 1. The molecule has 104 valence electrons. The van der Waals surface area contributed by atoms with Crippen molar-refractivity contribution in [2.45, 2.75) is 0 Å². The monoisotopic (exact) mass is 343 g/mol. The van der Waals surface area contributed by atoms with Gasteiger partial charge in [-0.25, -0.2) is 9.78 Å². The minimum Gasteiger partial charge on any atom is -0.478 e. The lowest BCUT2D eigenvalue weighted by molar-refractivity contribution is 0.0697. The molecule has 0 atom stereocenters. The number of aromatic amines is 1. The van der Waals surface area contributed by atoms with Crippen molar-refractivity contribution in [2.24, 2.45) is 0 Å². The number of benzene rings is 2. The number of carboxylic acids is 1. The molecule has 0 amide bonds. The van der Waals surface area contributed by atoms with E-state index in [-0.39, 0.29) is 5.56 Å². The standard InChI is InChI=1S/C15H10BrN3O2/c16-10-6-7-11(12(8-10)15(20)21)14-17-13(18-19-14)9-4-2-1-3-5-9/h1-8H,(H,20,21)(H,17,18,19). The summed E-state index contributed by atoms with van der Waals surface area (Å²) < 4.78 is 0.700. The van der Waals surface area contributed by atoms with Gasteiger partial charge in [0.1, 0.15) is 0 Å². The molecule has 3 rings (SSSR count). The summed E-state index contributed by atoms with van der Waals surface area (Å²) >= 11 is 3.27. The van der Waals surface area contributed by atoms with Crippen LogP contribution in [0.4, 0.5) is 0 Å². The van der Waals surface area contributed by atoms with Crippen LogP contribution in [0, 0.1) is 0 Å². The van der Waals surface area contributed by atoms with Gasteiger partial charge >= 0.3 is 5.97 Å². The first-order chi connectivity index (χ1) is 10.1. The Labute approximate surface area is 128 Å². The molecule has 0 saturated heterocycles. The molecule has 0 spiro atoms. The predicted molar refractivity (Wildman–Crippen MR) is 81.9 cm³/mol. The van der Waals surface area contributed by atoms with E-state index in [4.69, 9.17) is 0 Å². The number of halogens is 1. The molecule has 0 radical (unpaired) electrons. The zero-order chi connectivity index (χ0) is 14.8. The molecular weight excluding hydrogens is 334 g/mol. The summed E-state index contributed by atoms with van der Waals surface area (Å²) in [5, 5.41) is 16.2. The van der Waals surface area contributed by atoms with Gasteiger partial charge in [0.2, 0.25) is 0 Å². The average Bonchev–Trinajstić information content (AvgIpc) is 2.97. The lowest BCUT2D eigenvalue weighted by Gasteiger charge is -2.03. The van der Waals surface area contributed by atoms with E-state index in [1.54, 1.807) is 18.2 Å². The van der Waals surface area contributed by atoms with Crippen molar-refractivity contribution in [3.8, 4) is 22.8 Å². The second kappa shape index (κ2) is 5.49. The van der Waals surface area contributed by atoms with E-state index in [0.29, 0.717) is 21.7 Å². The van der Waals surface area contributed by atoms with Crippen LogP contribution in [0.3, 0.4) is 0 Å². The molecule has 3 aromatic rings. The fourth-order valence-electron chi connectivity index (χ4n) is 2.00. The first-order valence-corrected chi connectivity index (χ1v) is 6.95. The van der Waals surface area contributed by atoms with Gasteiger partial charge in [0.15, 0.2) is 11.6 Å². The zero-order valence-electron chi connectivity index (χ0n) is 10.7. The number of hydrogen-bond donors (Lipinski definition) is 2. The number of rotatable bonds is 3. The largest absolute Gasteiger partial charge is 0.478 e. The Morgan fingerprint density at radius 3 is 2.62 bits per heavy atom. The molecule has 0 aliphatic rings. The number of aromatic nitrogens is 3. The van der Waals surface area contributed by atoms with E-state index in [1.165, 1.54) is 0 Å². The highest BCUT2D eigenvalue weighted by Gasteiger charge is 2.16. The third kappa shape index (κ3) is 2.71. The molecule has 0 bridgehead atoms. The third-order valence-corrected chi connectivity index (χ3v) is 3.48. The SMILES string of the molecule is O=C(O)c1cc(Br)ccc1-c1nc(-c2ccccc2)n[nH]1. The first-order valence-electron chi connectivity index (χ1n) is 6.16. The van der Waals surface area contributed by atoms with Gasteiger partial charge in [-0.1, -0.05) is 46.3 Å². The summed E-state index contributed by atoms with van der Waals surface area (Å²) in [6, 6.07) is 14.5. The molecule has 2 N–H and O–H groups in total. The second-order valence-corrected chi connectivity index (χ2v) is 5.28. The maximum absolute atomic E-state index is 11.3. The molecule has 5 nitrogen and oxygen atoms in total. The maximum Gasteiger partial charge on any atom is 0.336 e. The minimum atomic E-state index is -1.01. The van der Waals surface area contributed by atoms with E-state index in [2.05, 4.69) is 31.1 Å². The van der Waals surface area contributed by atoms with Crippen molar-refractivity contribution in [3.05, 3.63) is 58.6 Å². The number of nitrogens with zero attached hydrogens (tertiary/aromatic N) is 2. The van der Waals surface area contributed by atoms with Gasteiger partial charge in [-0.3, -0.25) is 5.10 Å². The number of hydrogen-bond acceptors (Lipinski definition) is 3. The molecule has 0 unspecified atom stereocenters. The normalized spacial score (nSPS) is 10.5. The van der Waals surface area contributed by atoms with E-state index in [1.807, 2.05) is 30.3 Å². The molecule has 0 saturated carbocycles. The highest BCUT2D eigenvalue weighted by atomic mass is 79.9. The van der Waals surface area contributed by atoms with Gasteiger partial charge in [0, 0.05) is 15.6 Å². The molecule has 6 heteroatoms. The Balaban J connectivity index is 2.07. The van der Waals surface area contributed by atoms with Crippen molar-refractivity contribution >= 4 is 21.9 Å². The molecule has 1 heterocycles. The van der Waals surface area contributed by atoms with E-state index >= 15 is 0 Å². The van der Waals surface area contributed by atoms with Gasteiger partial charge in [0.25, 0.3) is 0 Å². The minimum absolute atomic E-state index is 0.167. The topological polar surface area (TPSA) is 78.9 Å². The molecule has 1 aromatic heterocycles. The molecule has 0 aliphatic heterocycles. The average molecular weight is 344 g/mol.